The van der Waals surface area contributed by atoms with Gasteiger partial charge in [0.05, 0.1) is 4.90 Å². The van der Waals surface area contributed by atoms with Crippen LogP contribution >= 0.6 is 11.6 Å². The van der Waals surface area contributed by atoms with E-state index in [0.29, 0.717) is 24.7 Å². The van der Waals surface area contributed by atoms with E-state index in [0.717, 1.165) is 19.2 Å². The van der Waals surface area contributed by atoms with Crippen molar-refractivity contribution in [3.63, 3.8) is 0 Å². The predicted molar refractivity (Wildman–Crippen MR) is 79.3 cm³/mol. The number of piperazine rings is 1. The lowest BCUT2D eigenvalue weighted by atomic mass is 10.2. The summed E-state index contributed by atoms with van der Waals surface area (Å²) in [4.78, 5) is 2.33. The fraction of sp³-hybridized carbons (Fsp3) is 0.571. The van der Waals surface area contributed by atoms with Crippen LogP contribution in [0.5, 0.6) is 0 Å². The molecule has 0 atom stereocenters. The van der Waals surface area contributed by atoms with Gasteiger partial charge in [0.25, 0.3) is 0 Å². The fourth-order valence-corrected chi connectivity index (χ4v) is 4.73. The van der Waals surface area contributed by atoms with Crippen LogP contribution in [0.1, 0.15) is 18.4 Å². The molecule has 0 spiro atoms. The normalized spacial score (nSPS) is 21.6. The molecule has 1 heterocycles. The Labute approximate surface area is 129 Å². The number of nitrogens with zero attached hydrogens (tertiary/aromatic N) is 2. The molecule has 1 aliphatic carbocycles. The summed E-state index contributed by atoms with van der Waals surface area (Å²) in [5, 5.41) is 0. The molecule has 1 aromatic carbocycles. The van der Waals surface area contributed by atoms with E-state index in [-0.39, 0.29) is 10.8 Å². The minimum absolute atomic E-state index is 0.00243. The summed E-state index contributed by atoms with van der Waals surface area (Å²) >= 11 is 5.79. The molecule has 0 unspecified atom stereocenters. The van der Waals surface area contributed by atoms with Crippen molar-refractivity contribution in [2.24, 2.45) is 0 Å². The molecule has 1 aromatic rings. The number of alkyl halides is 1. The second-order valence-electron chi connectivity index (χ2n) is 5.56. The van der Waals surface area contributed by atoms with Crippen molar-refractivity contribution in [1.29, 1.82) is 0 Å². The molecule has 2 aliphatic rings. The first-order valence-corrected chi connectivity index (χ1v) is 9.08. The fourth-order valence-electron chi connectivity index (χ4n) is 2.77. The Kier molecular flexibility index (Phi) is 4.23. The molecule has 1 aliphatic heterocycles. The van der Waals surface area contributed by atoms with Crippen molar-refractivity contribution in [2.75, 3.05) is 26.2 Å². The van der Waals surface area contributed by atoms with Crippen molar-refractivity contribution < 1.29 is 12.8 Å². The van der Waals surface area contributed by atoms with E-state index in [4.69, 9.17) is 11.6 Å². The van der Waals surface area contributed by atoms with E-state index >= 15 is 0 Å². The van der Waals surface area contributed by atoms with Gasteiger partial charge in [0.1, 0.15) is 5.82 Å². The molecule has 0 bridgehead atoms. The van der Waals surface area contributed by atoms with E-state index in [1.807, 2.05) is 0 Å². The predicted octanol–water partition coefficient (Wildman–Crippen LogP) is 2.03. The van der Waals surface area contributed by atoms with E-state index in [1.54, 1.807) is 0 Å². The van der Waals surface area contributed by atoms with Crippen molar-refractivity contribution in [1.82, 2.24) is 9.21 Å². The number of rotatable bonds is 4. The smallest absolute Gasteiger partial charge is 0.243 e. The Morgan fingerprint density at radius 1 is 1.19 bits per heavy atom. The number of hydrogen-bond donors (Lipinski definition) is 0. The maximum atomic E-state index is 13.4. The largest absolute Gasteiger partial charge is 0.298 e. The zero-order valence-corrected chi connectivity index (χ0v) is 13.2. The van der Waals surface area contributed by atoms with Crippen molar-refractivity contribution >= 4 is 21.6 Å². The molecule has 1 saturated heterocycles. The lowest BCUT2D eigenvalue weighted by Gasteiger charge is -2.34. The Morgan fingerprint density at radius 2 is 1.86 bits per heavy atom. The number of halogens is 2. The summed E-state index contributed by atoms with van der Waals surface area (Å²) < 4.78 is 40.3. The first-order valence-electron chi connectivity index (χ1n) is 7.11. The van der Waals surface area contributed by atoms with E-state index in [9.17, 15) is 12.8 Å². The standard InChI is InChI=1S/C14H18ClFN2O2S/c15-10-11-1-2-12(16)9-14(11)21(19,20)18-7-5-17(6-8-18)13-3-4-13/h1-2,9,13H,3-8,10H2. The average molecular weight is 333 g/mol. The van der Waals surface area contributed by atoms with Crippen LogP contribution in [0, 0.1) is 5.82 Å². The van der Waals surface area contributed by atoms with Crippen molar-refractivity contribution in [3.8, 4) is 0 Å². The molecular weight excluding hydrogens is 315 g/mol. The lowest BCUT2D eigenvalue weighted by molar-refractivity contribution is 0.180. The van der Waals surface area contributed by atoms with Gasteiger partial charge in [0.2, 0.25) is 10.0 Å². The highest BCUT2D eigenvalue weighted by Crippen LogP contribution is 2.29. The highest BCUT2D eigenvalue weighted by Gasteiger charge is 2.35. The van der Waals surface area contributed by atoms with Crippen LogP contribution in [0.3, 0.4) is 0 Å². The van der Waals surface area contributed by atoms with Gasteiger partial charge in [-0.1, -0.05) is 6.07 Å². The van der Waals surface area contributed by atoms with Gasteiger partial charge in [-0.25, -0.2) is 12.8 Å². The quantitative estimate of drug-likeness (QED) is 0.792. The first-order chi connectivity index (χ1) is 10.0. The van der Waals surface area contributed by atoms with Gasteiger partial charge in [-0.15, -0.1) is 11.6 Å². The second kappa shape index (κ2) is 5.83. The van der Waals surface area contributed by atoms with Gasteiger partial charge in [-0.05, 0) is 30.5 Å². The molecule has 116 valence electrons. The third kappa shape index (κ3) is 3.08. The van der Waals surface area contributed by atoms with Crippen LogP contribution in [-0.4, -0.2) is 49.8 Å². The molecule has 21 heavy (non-hydrogen) atoms. The SMILES string of the molecule is O=S(=O)(c1cc(F)ccc1CCl)N1CCN(C2CC2)CC1. The molecule has 7 heteroatoms. The second-order valence-corrected chi connectivity index (χ2v) is 7.73. The van der Waals surface area contributed by atoms with E-state index < -0.39 is 15.8 Å². The molecule has 0 N–H and O–H groups in total. The van der Waals surface area contributed by atoms with E-state index in [2.05, 4.69) is 4.90 Å². The van der Waals surface area contributed by atoms with Gasteiger partial charge in [-0.3, -0.25) is 4.90 Å². The Balaban J connectivity index is 1.82. The van der Waals surface area contributed by atoms with Crippen molar-refractivity contribution in [2.45, 2.75) is 29.7 Å². The molecule has 1 saturated carbocycles. The van der Waals surface area contributed by atoms with Gasteiger partial charge in [0, 0.05) is 38.1 Å². The monoisotopic (exact) mass is 332 g/mol. The van der Waals surface area contributed by atoms with Crippen LogP contribution in [-0.2, 0) is 15.9 Å². The minimum Gasteiger partial charge on any atom is -0.298 e. The van der Waals surface area contributed by atoms with Crippen LogP contribution in [0.4, 0.5) is 4.39 Å². The summed E-state index contributed by atoms with van der Waals surface area (Å²) in [6.07, 6.45) is 2.43. The third-order valence-electron chi connectivity index (χ3n) is 4.13. The Bertz CT molecular complexity index is 626. The third-order valence-corrected chi connectivity index (χ3v) is 6.40. The zero-order valence-electron chi connectivity index (χ0n) is 11.6. The molecule has 0 aromatic heterocycles. The molecular formula is C14H18ClFN2O2S. The molecule has 0 amide bonds. The summed E-state index contributed by atoms with van der Waals surface area (Å²) in [5.41, 5.74) is 0.447. The average Bonchev–Trinajstić information content (AvgIpc) is 3.32. The maximum Gasteiger partial charge on any atom is 0.243 e. The van der Waals surface area contributed by atoms with Gasteiger partial charge in [-0.2, -0.15) is 4.31 Å². The maximum absolute atomic E-state index is 13.4. The van der Waals surface area contributed by atoms with E-state index in [1.165, 1.54) is 29.3 Å². The molecule has 2 fully saturated rings. The van der Waals surface area contributed by atoms with Gasteiger partial charge in [0.15, 0.2) is 0 Å². The summed E-state index contributed by atoms with van der Waals surface area (Å²) in [6.45, 7) is 2.40. The Hall–Kier alpha value is -0.690. The zero-order chi connectivity index (χ0) is 15.0. The number of hydrogen-bond acceptors (Lipinski definition) is 3. The van der Waals surface area contributed by atoms with Gasteiger partial charge >= 0.3 is 0 Å². The Morgan fingerprint density at radius 3 is 2.43 bits per heavy atom. The highest BCUT2D eigenvalue weighted by molar-refractivity contribution is 7.89. The van der Waals surface area contributed by atoms with Crippen LogP contribution in [0.15, 0.2) is 23.1 Å². The van der Waals surface area contributed by atoms with Crippen molar-refractivity contribution in [3.05, 3.63) is 29.6 Å². The molecule has 0 radical (unpaired) electrons. The topological polar surface area (TPSA) is 40.6 Å². The summed E-state index contributed by atoms with van der Waals surface area (Å²) in [7, 11) is -3.67. The molecule has 3 rings (SSSR count). The number of sulfonamides is 1. The lowest BCUT2D eigenvalue weighted by Crippen LogP contribution is -2.49. The number of benzene rings is 1. The van der Waals surface area contributed by atoms with Crippen LogP contribution in [0.25, 0.3) is 0 Å². The van der Waals surface area contributed by atoms with Gasteiger partial charge < -0.3 is 0 Å². The summed E-state index contributed by atoms with van der Waals surface area (Å²) in [6, 6.07) is 4.39. The summed E-state index contributed by atoms with van der Waals surface area (Å²) in [5.74, 6) is -0.504. The van der Waals surface area contributed by atoms with Crippen LogP contribution in [0.2, 0.25) is 0 Å². The van der Waals surface area contributed by atoms with Crippen LogP contribution < -0.4 is 0 Å². The molecule has 4 nitrogen and oxygen atoms in total. The minimum atomic E-state index is -3.67. The highest BCUT2D eigenvalue weighted by atomic mass is 35.5. The first kappa shape index (κ1) is 15.2.